The molecule has 0 saturated heterocycles. The summed E-state index contributed by atoms with van der Waals surface area (Å²) in [4.78, 5) is 4.44. The van der Waals surface area contributed by atoms with Gasteiger partial charge in [-0.1, -0.05) is 23.5 Å². The quantitative estimate of drug-likeness (QED) is 0.879. The molecule has 0 bridgehead atoms. The average Bonchev–Trinajstić information content (AvgIpc) is 2.60. The summed E-state index contributed by atoms with van der Waals surface area (Å²) >= 11 is 1.67. The van der Waals surface area contributed by atoms with Crippen LogP contribution in [-0.2, 0) is 4.74 Å². The van der Waals surface area contributed by atoms with Gasteiger partial charge in [-0.25, -0.2) is 4.98 Å². The van der Waals surface area contributed by atoms with E-state index in [1.165, 1.54) is 4.70 Å². The van der Waals surface area contributed by atoms with Crippen LogP contribution in [0, 0.1) is 0 Å². The Labute approximate surface area is 103 Å². The van der Waals surface area contributed by atoms with Crippen molar-refractivity contribution >= 4 is 43.7 Å². The van der Waals surface area contributed by atoms with Crippen molar-refractivity contribution in [1.29, 1.82) is 0 Å². The van der Waals surface area contributed by atoms with Crippen molar-refractivity contribution in [3.8, 4) is 0 Å². The molecule has 0 atom stereocenters. The van der Waals surface area contributed by atoms with Crippen LogP contribution in [0.2, 0.25) is 0 Å². The van der Waals surface area contributed by atoms with Crippen LogP contribution in [0.15, 0.2) is 24.3 Å². The van der Waals surface area contributed by atoms with Gasteiger partial charge in [-0.15, -0.1) is 17.0 Å². The molecule has 0 fully saturated rings. The largest absolute Gasteiger partial charge is 0.383 e. The number of fused-ring (bicyclic) bond motifs is 1. The van der Waals surface area contributed by atoms with Crippen LogP contribution in [-0.4, -0.2) is 25.2 Å². The van der Waals surface area contributed by atoms with E-state index in [9.17, 15) is 0 Å². The van der Waals surface area contributed by atoms with Gasteiger partial charge in [0.05, 0.1) is 16.8 Å². The lowest BCUT2D eigenvalue weighted by molar-refractivity contribution is 0.211. The molecule has 2 rings (SSSR count). The molecule has 1 aromatic carbocycles. The van der Waals surface area contributed by atoms with E-state index in [0.717, 1.165) is 17.2 Å². The molecule has 0 amide bonds. The molecule has 0 aliphatic heterocycles. The highest BCUT2D eigenvalue weighted by molar-refractivity contribution is 8.93. The maximum atomic E-state index is 4.95. The lowest BCUT2D eigenvalue weighted by Crippen LogP contribution is -2.06. The second-order valence-corrected chi connectivity index (χ2v) is 3.94. The molecular formula is C10H13BrN2OS. The van der Waals surface area contributed by atoms with E-state index in [1.54, 1.807) is 18.4 Å². The zero-order chi connectivity index (χ0) is 9.80. The van der Waals surface area contributed by atoms with Crippen molar-refractivity contribution in [2.75, 3.05) is 25.6 Å². The Balaban J connectivity index is 0.00000112. The summed E-state index contributed by atoms with van der Waals surface area (Å²) in [5.41, 5.74) is 1.05. The number of nitrogens with one attached hydrogen (secondary N) is 1. The molecule has 82 valence electrons. The summed E-state index contributed by atoms with van der Waals surface area (Å²) in [5, 5.41) is 4.18. The van der Waals surface area contributed by atoms with E-state index < -0.39 is 0 Å². The smallest absolute Gasteiger partial charge is 0.183 e. The maximum Gasteiger partial charge on any atom is 0.183 e. The van der Waals surface area contributed by atoms with E-state index >= 15 is 0 Å². The van der Waals surface area contributed by atoms with E-state index in [1.807, 2.05) is 18.2 Å². The number of anilines is 1. The lowest BCUT2D eigenvalue weighted by atomic mass is 10.3. The topological polar surface area (TPSA) is 34.1 Å². The highest BCUT2D eigenvalue weighted by Gasteiger charge is 2.00. The third kappa shape index (κ3) is 3.15. The van der Waals surface area contributed by atoms with Crippen molar-refractivity contribution in [2.45, 2.75) is 0 Å². The first-order valence-electron chi connectivity index (χ1n) is 4.48. The third-order valence-electron chi connectivity index (χ3n) is 1.88. The average molecular weight is 289 g/mol. The van der Waals surface area contributed by atoms with E-state index in [2.05, 4.69) is 16.4 Å². The van der Waals surface area contributed by atoms with Gasteiger partial charge in [0.2, 0.25) is 0 Å². The van der Waals surface area contributed by atoms with Gasteiger partial charge in [0, 0.05) is 13.7 Å². The number of nitrogens with zero attached hydrogens (tertiary/aromatic N) is 1. The van der Waals surface area contributed by atoms with Gasteiger partial charge in [0.1, 0.15) is 0 Å². The molecule has 0 saturated carbocycles. The van der Waals surface area contributed by atoms with E-state index in [4.69, 9.17) is 4.74 Å². The molecule has 0 spiro atoms. The fraction of sp³-hybridized carbons (Fsp3) is 0.300. The number of benzene rings is 1. The van der Waals surface area contributed by atoms with Crippen LogP contribution in [0.5, 0.6) is 0 Å². The zero-order valence-electron chi connectivity index (χ0n) is 8.40. The molecular weight excluding hydrogens is 276 g/mol. The number of hydrogen-bond acceptors (Lipinski definition) is 4. The Hall–Kier alpha value is -0.650. The van der Waals surface area contributed by atoms with E-state index in [-0.39, 0.29) is 17.0 Å². The Kier molecular flexibility index (Phi) is 5.01. The monoisotopic (exact) mass is 288 g/mol. The summed E-state index contributed by atoms with van der Waals surface area (Å²) in [5.74, 6) is 0. The van der Waals surface area contributed by atoms with Crippen LogP contribution in [0.1, 0.15) is 0 Å². The maximum absolute atomic E-state index is 4.95. The Morgan fingerprint density at radius 2 is 2.20 bits per heavy atom. The number of halogens is 1. The number of aromatic nitrogens is 1. The molecule has 0 aliphatic carbocycles. The number of para-hydroxylation sites is 1. The van der Waals surface area contributed by atoms with Crippen molar-refractivity contribution in [3.05, 3.63) is 24.3 Å². The van der Waals surface area contributed by atoms with Crippen LogP contribution in [0.3, 0.4) is 0 Å². The zero-order valence-corrected chi connectivity index (χ0v) is 10.9. The first kappa shape index (κ1) is 12.4. The number of ether oxygens (including phenoxy) is 1. The van der Waals surface area contributed by atoms with Gasteiger partial charge < -0.3 is 10.1 Å². The summed E-state index contributed by atoms with van der Waals surface area (Å²) in [6.45, 7) is 1.51. The van der Waals surface area contributed by atoms with Crippen molar-refractivity contribution in [2.24, 2.45) is 0 Å². The SMILES string of the molecule is Br.COCCNc1nc2ccccc2s1. The number of thiazole rings is 1. The fourth-order valence-electron chi connectivity index (χ4n) is 1.21. The summed E-state index contributed by atoms with van der Waals surface area (Å²) < 4.78 is 6.17. The van der Waals surface area contributed by atoms with Crippen molar-refractivity contribution < 1.29 is 4.74 Å². The Morgan fingerprint density at radius 1 is 1.40 bits per heavy atom. The minimum Gasteiger partial charge on any atom is -0.383 e. The molecule has 5 heteroatoms. The van der Waals surface area contributed by atoms with Crippen LogP contribution >= 0.6 is 28.3 Å². The van der Waals surface area contributed by atoms with E-state index in [0.29, 0.717) is 6.61 Å². The minimum atomic E-state index is 0. The van der Waals surface area contributed by atoms with Crippen molar-refractivity contribution in [1.82, 2.24) is 4.98 Å². The highest BCUT2D eigenvalue weighted by atomic mass is 79.9. The van der Waals surface area contributed by atoms with Gasteiger partial charge in [0.15, 0.2) is 5.13 Å². The van der Waals surface area contributed by atoms with Crippen molar-refractivity contribution in [3.63, 3.8) is 0 Å². The molecule has 2 aromatic rings. The van der Waals surface area contributed by atoms with Crippen LogP contribution in [0.25, 0.3) is 10.2 Å². The Morgan fingerprint density at radius 3 is 2.93 bits per heavy atom. The second kappa shape index (κ2) is 6.05. The third-order valence-corrected chi connectivity index (χ3v) is 2.87. The number of rotatable bonds is 4. The molecule has 3 nitrogen and oxygen atoms in total. The molecule has 15 heavy (non-hydrogen) atoms. The van der Waals surface area contributed by atoms with Gasteiger partial charge >= 0.3 is 0 Å². The van der Waals surface area contributed by atoms with Gasteiger partial charge in [-0.2, -0.15) is 0 Å². The molecule has 0 radical (unpaired) electrons. The molecule has 1 N–H and O–H groups in total. The highest BCUT2D eigenvalue weighted by Crippen LogP contribution is 2.24. The summed E-state index contributed by atoms with van der Waals surface area (Å²) in [6.07, 6.45) is 0. The van der Waals surface area contributed by atoms with Gasteiger partial charge in [-0.3, -0.25) is 0 Å². The Bertz CT molecular complexity index is 385. The first-order valence-corrected chi connectivity index (χ1v) is 5.30. The first-order chi connectivity index (χ1) is 6.90. The molecule has 0 unspecified atom stereocenters. The number of methoxy groups -OCH3 is 1. The predicted molar refractivity (Wildman–Crippen MR) is 70.3 cm³/mol. The normalized spacial score (nSPS) is 9.93. The predicted octanol–water partition coefficient (Wildman–Crippen LogP) is 2.93. The van der Waals surface area contributed by atoms with Crippen LogP contribution in [0.4, 0.5) is 5.13 Å². The lowest BCUT2D eigenvalue weighted by Gasteiger charge is -1.99. The summed E-state index contributed by atoms with van der Waals surface area (Å²) in [7, 11) is 1.69. The fourth-order valence-corrected chi connectivity index (χ4v) is 2.10. The number of hydrogen-bond donors (Lipinski definition) is 1. The van der Waals surface area contributed by atoms with Gasteiger partial charge in [0.25, 0.3) is 0 Å². The summed E-state index contributed by atoms with van der Waals surface area (Å²) in [6, 6.07) is 8.13. The second-order valence-electron chi connectivity index (χ2n) is 2.91. The molecule has 0 aliphatic rings. The molecule has 1 heterocycles. The molecule has 1 aromatic heterocycles. The standard InChI is InChI=1S/C10H12N2OS.BrH/c1-13-7-6-11-10-12-8-4-2-3-5-9(8)14-10;/h2-5H,6-7H2,1H3,(H,11,12);1H. The van der Waals surface area contributed by atoms with Crippen LogP contribution < -0.4 is 5.32 Å². The minimum absolute atomic E-state index is 0. The van der Waals surface area contributed by atoms with Gasteiger partial charge in [-0.05, 0) is 12.1 Å².